The van der Waals surface area contributed by atoms with Gasteiger partial charge in [0, 0.05) is 44.0 Å². The van der Waals surface area contributed by atoms with Gasteiger partial charge in [0.15, 0.2) is 16.1 Å². The van der Waals surface area contributed by atoms with Gasteiger partial charge >= 0.3 is 0 Å². The summed E-state index contributed by atoms with van der Waals surface area (Å²) in [5.41, 5.74) is 2.80. The summed E-state index contributed by atoms with van der Waals surface area (Å²) in [7, 11) is 1.92. The molecule has 0 spiro atoms. The van der Waals surface area contributed by atoms with E-state index in [-0.39, 0.29) is 11.7 Å². The minimum Gasteiger partial charge on any atom is -0.305 e. The maximum absolute atomic E-state index is 12.5. The number of anilines is 1. The Balaban J connectivity index is 1.24. The minimum atomic E-state index is -0.141. The van der Waals surface area contributed by atoms with E-state index < -0.39 is 0 Å². The zero-order valence-corrected chi connectivity index (χ0v) is 20.0. The highest BCUT2D eigenvalue weighted by atomic mass is 35.5. The van der Waals surface area contributed by atoms with Gasteiger partial charge in [0.05, 0.1) is 11.4 Å². The van der Waals surface area contributed by atoms with Crippen LogP contribution in [0.3, 0.4) is 0 Å². The highest BCUT2D eigenvalue weighted by molar-refractivity contribution is 7.99. The molecule has 0 saturated carbocycles. The van der Waals surface area contributed by atoms with E-state index in [4.69, 9.17) is 11.6 Å². The fraction of sp³-hybridized carbons (Fsp3) is 0.0909. The van der Waals surface area contributed by atoms with E-state index in [1.807, 2.05) is 53.4 Å². The van der Waals surface area contributed by atoms with Crippen LogP contribution >= 0.6 is 46.0 Å². The summed E-state index contributed by atoms with van der Waals surface area (Å²) in [4.78, 5) is 17.0. The molecule has 3 aromatic heterocycles. The SMILES string of the molecule is Cn1c(SCC(=O)Nc2nc(-c3ccc(Cl)cc3)cs2)nnc1-c1csc2ccccc12. The van der Waals surface area contributed by atoms with Crippen LogP contribution in [0.4, 0.5) is 5.13 Å². The molecule has 0 atom stereocenters. The number of carbonyl (C=O) groups excluding carboxylic acids is 1. The number of aromatic nitrogens is 4. The fourth-order valence-corrected chi connectivity index (χ4v) is 5.71. The molecular formula is C22H16ClN5OS3. The van der Waals surface area contributed by atoms with Crippen LogP contribution in [-0.2, 0) is 11.8 Å². The number of hydrogen-bond donors (Lipinski definition) is 1. The average molecular weight is 498 g/mol. The van der Waals surface area contributed by atoms with Crippen molar-refractivity contribution in [2.24, 2.45) is 7.05 Å². The largest absolute Gasteiger partial charge is 0.305 e. The molecule has 0 saturated heterocycles. The lowest BCUT2D eigenvalue weighted by Crippen LogP contribution is -2.14. The van der Waals surface area contributed by atoms with Gasteiger partial charge in [0.1, 0.15) is 0 Å². The minimum absolute atomic E-state index is 0.141. The number of thiophene rings is 1. The van der Waals surface area contributed by atoms with Crippen LogP contribution < -0.4 is 5.32 Å². The van der Waals surface area contributed by atoms with Crippen LogP contribution in [0, 0.1) is 0 Å². The van der Waals surface area contributed by atoms with Crippen molar-refractivity contribution in [3.8, 4) is 22.6 Å². The number of hydrogen-bond acceptors (Lipinski definition) is 7. The van der Waals surface area contributed by atoms with E-state index in [2.05, 4.69) is 38.0 Å². The maximum atomic E-state index is 12.5. The van der Waals surface area contributed by atoms with E-state index in [0.717, 1.165) is 28.0 Å². The normalized spacial score (nSPS) is 11.2. The number of thiazole rings is 1. The molecule has 1 N–H and O–H groups in total. The lowest BCUT2D eigenvalue weighted by Gasteiger charge is -2.04. The van der Waals surface area contributed by atoms with E-state index >= 15 is 0 Å². The molecule has 6 nitrogen and oxygen atoms in total. The van der Waals surface area contributed by atoms with Gasteiger partial charge in [-0.15, -0.1) is 32.9 Å². The van der Waals surface area contributed by atoms with E-state index in [0.29, 0.717) is 15.3 Å². The van der Waals surface area contributed by atoms with E-state index in [9.17, 15) is 4.79 Å². The van der Waals surface area contributed by atoms with Crippen molar-refractivity contribution in [1.29, 1.82) is 0 Å². The molecule has 1 amide bonds. The Morgan fingerprint density at radius 1 is 1.09 bits per heavy atom. The second-order valence-electron chi connectivity index (χ2n) is 6.89. The molecule has 0 aliphatic carbocycles. The van der Waals surface area contributed by atoms with E-state index in [1.54, 1.807) is 11.3 Å². The van der Waals surface area contributed by atoms with Gasteiger partial charge in [-0.1, -0.05) is 53.7 Å². The lowest BCUT2D eigenvalue weighted by atomic mass is 10.2. The molecule has 32 heavy (non-hydrogen) atoms. The quantitative estimate of drug-likeness (QED) is 0.282. The Morgan fingerprint density at radius 2 is 1.91 bits per heavy atom. The third-order valence-electron chi connectivity index (χ3n) is 4.78. The Bertz CT molecular complexity index is 1410. The first-order chi connectivity index (χ1) is 15.6. The van der Waals surface area contributed by atoms with Gasteiger partial charge in [0.2, 0.25) is 5.91 Å². The number of benzene rings is 2. The molecule has 2 aromatic carbocycles. The van der Waals surface area contributed by atoms with Crippen molar-refractivity contribution < 1.29 is 4.79 Å². The predicted molar refractivity (Wildman–Crippen MR) is 134 cm³/mol. The molecule has 0 aliphatic heterocycles. The molecule has 0 radical (unpaired) electrons. The highest BCUT2D eigenvalue weighted by Crippen LogP contribution is 2.34. The number of carbonyl (C=O) groups is 1. The topological polar surface area (TPSA) is 72.7 Å². The van der Waals surface area contributed by atoms with E-state index in [1.165, 1.54) is 27.8 Å². The number of rotatable bonds is 6. The summed E-state index contributed by atoms with van der Waals surface area (Å²) in [6, 6.07) is 15.7. The molecular weight excluding hydrogens is 482 g/mol. The second-order valence-corrected chi connectivity index (χ2v) is 10.0. The molecule has 3 heterocycles. The summed E-state index contributed by atoms with van der Waals surface area (Å²) >= 11 is 10.4. The van der Waals surface area contributed by atoms with Crippen LogP contribution in [0.5, 0.6) is 0 Å². The van der Waals surface area contributed by atoms with Gasteiger partial charge in [0.25, 0.3) is 0 Å². The summed E-state index contributed by atoms with van der Waals surface area (Å²) in [6.45, 7) is 0. The molecule has 0 unspecified atom stereocenters. The number of fused-ring (bicyclic) bond motifs is 1. The number of thioether (sulfide) groups is 1. The summed E-state index contributed by atoms with van der Waals surface area (Å²) in [6.07, 6.45) is 0. The number of halogens is 1. The first kappa shape index (κ1) is 21.1. The Morgan fingerprint density at radius 3 is 2.75 bits per heavy atom. The summed E-state index contributed by atoms with van der Waals surface area (Å²) in [5, 5.41) is 18.6. The highest BCUT2D eigenvalue weighted by Gasteiger charge is 2.16. The monoisotopic (exact) mass is 497 g/mol. The zero-order valence-electron chi connectivity index (χ0n) is 16.8. The van der Waals surface area contributed by atoms with Crippen LogP contribution in [0.15, 0.2) is 64.4 Å². The predicted octanol–water partition coefficient (Wildman–Crippen LogP) is 6.20. The molecule has 10 heteroatoms. The number of amides is 1. The second kappa shape index (κ2) is 9.03. The molecule has 0 aliphatic rings. The smallest absolute Gasteiger partial charge is 0.236 e. The van der Waals surface area contributed by atoms with Crippen LogP contribution in [0.25, 0.3) is 32.7 Å². The van der Waals surface area contributed by atoms with Gasteiger partial charge in [-0.05, 0) is 18.2 Å². The van der Waals surface area contributed by atoms with Crippen molar-refractivity contribution in [3.05, 3.63) is 64.3 Å². The van der Waals surface area contributed by atoms with Gasteiger partial charge in [-0.2, -0.15) is 0 Å². The third kappa shape index (κ3) is 4.29. The molecule has 5 rings (SSSR count). The van der Waals surface area contributed by atoms with Crippen molar-refractivity contribution in [3.63, 3.8) is 0 Å². The maximum Gasteiger partial charge on any atom is 0.236 e. The molecule has 5 aromatic rings. The van der Waals surface area contributed by atoms with Gasteiger partial charge < -0.3 is 9.88 Å². The fourth-order valence-electron chi connectivity index (χ4n) is 3.20. The van der Waals surface area contributed by atoms with Crippen LogP contribution in [0.1, 0.15) is 0 Å². The number of nitrogens with one attached hydrogen (secondary N) is 1. The first-order valence-corrected chi connectivity index (χ1v) is 12.7. The third-order valence-corrected chi connectivity index (χ3v) is 7.77. The Hall–Kier alpha value is -2.72. The van der Waals surface area contributed by atoms with Crippen molar-refractivity contribution >= 4 is 67.2 Å². The summed E-state index contributed by atoms with van der Waals surface area (Å²) in [5.74, 6) is 0.863. The molecule has 160 valence electrons. The average Bonchev–Trinajstić information content (AvgIpc) is 3.52. The number of nitrogens with zero attached hydrogens (tertiary/aromatic N) is 4. The van der Waals surface area contributed by atoms with Gasteiger partial charge in [-0.25, -0.2) is 4.98 Å². The zero-order chi connectivity index (χ0) is 22.1. The Kier molecular flexibility index (Phi) is 5.97. The Labute approximate surface area is 201 Å². The first-order valence-electron chi connectivity index (χ1n) is 9.58. The lowest BCUT2D eigenvalue weighted by molar-refractivity contribution is -0.113. The summed E-state index contributed by atoms with van der Waals surface area (Å²) < 4.78 is 3.13. The van der Waals surface area contributed by atoms with Gasteiger partial charge in [-0.3, -0.25) is 4.79 Å². The molecule has 0 bridgehead atoms. The van der Waals surface area contributed by atoms with Crippen molar-refractivity contribution in [2.45, 2.75) is 5.16 Å². The molecule has 0 fully saturated rings. The van der Waals surface area contributed by atoms with Crippen molar-refractivity contribution in [2.75, 3.05) is 11.1 Å². The van der Waals surface area contributed by atoms with Crippen LogP contribution in [0.2, 0.25) is 5.02 Å². The van der Waals surface area contributed by atoms with Crippen molar-refractivity contribution in [1.82, 2.24) is 19.7 Å². The van der Waals surface area contributed by atoms with Crippen LogP contribution in [-0.4, -0.2) is 31.4 Å². The standard InChI is InChI=1S/C22H16ClN5OS3/c1-28-20(16-10-30-18-5-3-2-4-15(16)18)26-27-22(28)32-12-19(29)25-21-24-17(11-31-21)13-6-8-14(23)9-7-13/h2-11H,12H2,1H3,(H,24,25,29).